The number of benzene rings is 1. The fraction of sp³-hybridized carbons (Fsp3) is 0.400. The molecule has 0 amide bonds. The van der Waals surface area contributed by atoms with Crippen molar-refractivity contribution in [1.29, 1.82) is 0 Å². The molecular weight excluding hydrogens is 384 g/mol. The van der Waals surface area contributed by atoms with Gasteiger partial charge in [0.1, 0.15) is 12.4 Å². The molecule has 3 nitrogen and oxygen atoms in total. The lowest BCUT2D eigenvalue weighted by Gasteiger charge is -2.14. The van der Waals surface area contributed by atoms with Crippen LogP contribution in [0.1, 0.15) is 36.7 Å². The van der Waals surface area contributed by atoms with Crippen molar-refractivity contribution in [2.75, 3.05) is 0 Å². The molecule has 0 spiro atoms. The molecule has 5 heteroatoms. The number of ether oxygens (including phenoxy) is 1. The van der Waals surface area contributed by atoms with Crippen LogP contribution in [0, 0.1) is 6.92 Å². The molecule has 0 unspecified atom stereocenters. The number of aryl methyl sites for hydroxylation is 2. The molecule has 0 aliphatic carbocycles. The fourth-order valence-electron chi connectivity index (χ4n) is 2.08. The third-order valence-electron chi connectivity index (χ3n) is 3.22. The first-order valence-electron chi connectivity index (χ1n) is 6.50. The lowest BCUT2D eigenvalue weighted by molar-refractivity contribution is 0.290. The molecule has 0 atom stereocenters. The highest BCUT2D eigenvalue weighted by Gasteiger charge is 2.13. The van der Waals surface area contributed by atoms with Gasteiger partial charge in [-0.05, 0) is 52.5 Å². The Morgan fingerprint density at radius 3 is 2.55 bits per heavy atom. The van der Waals surface area contributed by atoms with E-state index in [0.717, 1.165) is 26.1 Å². The monoisotopic (exact) mass is 400 g/mol. The lowest BCUT2D eigenvalue weighted by atomic mass is 10.0. The van der Waals surface area contributed by atoms with Crippen LogP contribution < -0.4 is 4.74 Å². The van der Waals surface area contributed by atoms with Gasteiger partial charge in [0, 0.05) is 11.5 Å². The highest BCUT2D eigenvalue weighted by atomic mass is 79.9. The van der Waals surface area contributed by atoms with E-state index in [4.69, 9.17) is 4.74 Å². The van der Waals surface area contributed by atoms with Crippen molar-refractivity contribution in [3.8, 4) is 5.75 Å². The van der Waals surface area contributed by atoms with Crippen LogP contribution in [0.4, 0.5) is 0 Å². The van der Waals surface area contributed by atoms with E-state index in [9.17, 15) is 0 Å². The molecule has 0 saturated heterocycles. The van der Waals surface area contributed by atoms with E-state index in [1.165, 1.54) is 5.56 Å². The Labute approximate surface area is 136 Å². The second-order valence-electron chi connectivity index (χ2n) is 5.10. The molecule has 0 saturated carbocycles. The molecule has 0 aliphatic rings. The third-order valence-corrected chi connectivity index (χ3v) is 4.74. The minimum Gasteiger partial charge on any atom is -0.487 e. The molecule has 1 aromatic carbocycles. The van der Waals surface area contributed by atoms with Gasteiger partial charge in [0.15, 0.2) is 0 Å². The first-order valence-corrected chi connectivity index (χ1v) is 8.09. The van der Waals surface area contributed by atoms with Gasteiger partial charge in [0.05, 0.1) is 15.9 Å². The topological polar surface area (TPSA) is 27.1 Å². The van der Waals surface area contributed by atoms with Crippen molar-refractivity contribution < 1.29 is 4.74 Å². The van der Waals surface area contributed by atoms with Gasteiger partial charge in [0.25, 0.3) is 0 Å². The van der Waals surface area contributed by atoms with Crippen molar-refractivity contribution in [3.05, 3.63) is 44.1 Å². The van der Waals surface area contributed by atoms with E-state index in [2.05, 4.69) is 56.9 Å². The summed E-state index contributed by atoms with van der Waals surface area (Å²) in [4.78, 5) is 0. The highest BCUT2D eigenvalue weighted by molar-refractivity contribution is 9.10. The lowest BCUT2D eigenvalue weighted by Crippen LogP contribution is -2.05. The van der Waals surface area contributed by atoms with E-state index in [1.54, 1.807) is 0 Å². The van der Waals surface area contributed by atoms with Crippen LogP contribution in [0.3, 0.4) is 0 Å². The molecule has 2 aromatic rings. The Bertz CT molecular complexity index is 621. The summed E-state index contributed by atoms with van der Waals surface area (Å²) in [6.45, 7) is 6.81. The van der Waals surface area contributed by atoms with E-state index in [0.29, 0.717) is 12.5 Å². The number of aromatic nitrogens is 2. The van der Waals surface area contributed by atoms with E-state index in [-0.39, 0.29) is 0 Å². The molecule has 1 heterocycles. The standard InChI is InChI=1S/C15H18Br2N2O/c1-9(2)12-7-11(16)5-6-14(12)20-8-13-15(17)10(3)18-19(13)4/h5-7,9H,8H2,1-4H3. The summed E-state index contributed by atoms with van der Waals surface area (Å²) < 4.78 is 9.95. The van der Waals surface area contributed by atoms with E-state index in [1.807, 2.05) is 30.8 Å². The van der Waals surface area contributed by atoms with Crippen LogP contribution in [0.2, 0.25) is 0 Å². The van der Waals surface area contributed by atoms with Gasteiger partial charge in [-0.1, -0.05) is 29.8 Å². The Hall–Kier alpha value is -0.810. The van der Waals surface area contributed by atoms with Crippen molar-refractivity contribution >= 4 is 31.9 Å². The Morgan fingerprint density at radius 1 is 1.30 bits per heavy atom. The summed E-state index contributed by atoms with van der Waals surface area (Å²) >= 11 is 7.07. The Balaban J connectivity index is 2.23. The molecule has 0 N–H and O–H groups in total. The van der Waals surface area contributed by atoms with Gasteiger partial charge < -0.3 is 4.74 Å². The van der Waals surface area contributed by atoms with Crippen LogP contribution in [0.5, 0.6) is 5.75 Å². The van der Waals surface area contributed by atoms with Gasteiger partial charge in [-0.15, -0.1) is 0 Å². The number of rotatable bonds is 4. The van der Waals surface area contributed by atoms with Crippen molar-refractivity contribution in [1.82, 2.24) is 9.78 Å². The second kappa shape index (κ2) is 6.31. The van der Waals surface area contributed by atoms with Crippen LogP contribution in [0.25, 0.3) is 0 Å². The molecule has 1 aromatic heterocycles. The van der Waals surface area contributed by atoms with Gasteiger partial charge in [-0.25, -0.2) is 0 Å². The van der Waals surface area contributed by atoms with Crippen molar-refractivity contribution in [2.45, 2.75) is 33.3 Å². The summed E-state index contributed by atoms with van der Waals surface area (Å²) in [5.41, 5.74) is 3.22. The van der Waals surface area contributed by atoms with Gasteiger partial charge in [0.2, 0.25) is 0 Å². The zero-order valence-electron chi connectivity index (χ0n) is 12.1. The Morgan fingerprint density at radius 2 is 2.00 bits per heavy atom. The SMILES string of the molecule is Cc1nn(C)c(COc2ccc(Br)cc2C(C)C)c1Br. The van der Waals surface area contributed by atoms with Gasteiger partial charge in [-0.2, -0.15) is 5.10 Å². The van der Waals surface area contributed by atoms with Crippen LogP contribution in [-0.2, 0) is 13.7 Å². The normalized spacial score (nSPS) is 11.2. The molecule has 108 valence electrons. The minimum atomic E-state index is 0.416. The first-order chi connectivity index (χ1) is 9.40. The van der Waals surface area contributed by atoms with Gasteiger partial charge >= 0.3 is 0 Å². The van der Waals surface area contributed by atoms with Crippen LogP contribution >= 0.6 is 31.9 Å². The van der Waals surface area contributed by atoms with E-state index >= 15 is 0 Å². The van der Waals surface area contributed by atoms with Crippen molar-refractivity contribution in [3.63, 3.8) is 0 Å². The molecule has 0 radical (unpaired) electrons. The summed E-state index contributed by atoms with van der Waals surface area (Å²) in [5, 5.41) is 4.38. The molecule has 20 heavy (non-hydrogen) atoms. The average Bonchev–Trinajstić information content (AvgIpc) is 2.62. The van der Waals surface area contributed by atoms with Gasteiger partial charge in [-0.3, -0.25) is 4.68 Å². The predicted molar refractivity (Wildman–Crippen MR) is 88.2 cm³/mol. The summed E-state index contributed by atoms with van der Waals surface area (Å²) in [6, 6.07) is 6.13. The Kier molecular flexibility index (Phi) is 4.91. The quantitative estimate of drug-likeness (QED) is 0.724. The molecule has 0 fully saturated rings. The number of hydrogen-bond acceptors (Lipinski definition) is 2. The summed E-state index contributed by atoms with van der Waals surface area (Å²) in [7, 11) is 1.93. The maximum Gasteiger partial charge on any atom is 0.131 e. The average molecular weight is 402 g/mol. The smallest absolute Gasteiger partial charge is 0.131 e. The number of nitrogens with zero attached hydrogens (tertiary/aromatic N) is 2. The number of hydrogen-bond donors (Lipinski definition) is 0. The maximum absolute atomic E-state index is 6.00. The van der Waals surface area contributed by atoms with Crippen LogP contribution in [0.15, 0.2) is 27.1 Å². The van der Waals surface area contributed by atoms with Crippen LogP contribution in [-0.4, -0.2) is 9.78 Å². The van der Waals surface area contributed by atoms with E-state index < -0.39 is 0 Å². The maximum atomic E-state index is 6.00. The molecule has 0 aliphatic heterocycles. The zero-order chi connectivity index (χ0) is 14.9. The summed E-state index contributed by atoms with van der Waals surface area (Å²) in [5.74, 6) is 1.34. The minimum absolute atomic E-state index is 0.416. The summed E-state index contributed by atoms with van der Waals surface area (Å²) in [6.07, 6.45) is 0. The highest BCUT2D eigenvalue weighted by Crippen LogP contribution is 2.31. The first kappa shape index (κ1) is 15.6. The fourth-order valence-corrected chi connectivity index (χ4v) is 2.91. The number of halogens is 2. The molecule has 0 bridgehead atoms. The zero-order valence-corrected chi connectivity index (χ0v) is 15.2. The third kappa shape index (κ3) is 3.26. The largest absolute Gasteiger partial charge is 0.487 e. The predicted octanol–water partition coefficient (Wildman–Crippen LogP) is 4.96. The molecule has 2 rings (SSSR count). The second-order valence-corrected chi connectivity index (χ2v) is 6.80. The molecular formula is C15H18Br2N2O. The van der Waals surface area contributed by atoms with Crippen molar-refractivity contribution in [2.24, 2.45) is 7.05 Å².